The SMILES string of the molecule is NS(=O)(=O)c1ccc(NC2SC(=O)N(c3cccc(C(F)(F)F)c3)C2=O)cc1. The molecule has 3 N–H and O–H groups in total. The van der Waals surface area contributed by atoms with E-state index < -0.39 is 38.3 Å². The summed E-state index contributed by atoms with van der Waals surface area (Å²) in [4.78, 5) is 25.2. The molecule has 2 aromatic rings. The third-order valence-corrected chi connectivity index (χ3v) is 5.63. The Bertz CT molecular complexity index is 1040. The molecule has 1 unspecified atom stereocenters. The molecule has 12 heteroatoms. The summed E-state index contributed by atoms with van der Waals surface area (Å²) < 4.78 is 61.1. The molecule has 0 bridgehead atoms. The van der Waals surface area contributed by atoms with Crippen LogP contribution < -0.4 is 15.4 Å². The molecule has 1 heterocycles. The van der Waals surface area contributed by atoms with Gasteiger partial charge in [-0.1, -0.05) is 6.07 Å². The molecule has 0 aliphatic carbocycles. The average molecular weight is 431 g/mol. The van der Waals surface area contributed by atoms with E-state index in [0.29, 0.717) is 22.3 Å². The maximum atomic E-state index is 12.9. The lowest BCUT2D eigenvalue weighted by Crippen LogP contribution is -2.34. The van der Waals surface area contributed by atoms with Crippen molar-refractivity contribution in [3.8, 4) is 0 Å². The Kier molecular flexibility index (Phi) is 5.12. The molecular weight excluding hydrogens is 419 g/mol. The molecule has 0 spiro atoms. The van der Waals surface area contributed by atoms with Crippen LogP contribution in [0.2, 0.25) is 0 Å². The number of thioether (sulfide) groups is 1. The van der Waals surface area contributed by atoms with Gasteiger partial charge in [0.25, 0.3) is 11.1 Å². The molecule has 2 amide bonds. The second kappa shape index (κ2) is 7.11. The Morgan fingerprint density at radius 1 is 1.07 bits per heavy atom. The first-order valence-electron chi connectivity index (χ1n) is 7.58. The van der Waals surface area contributed by atoms with Crippen molar-refractivity contribution in [2.24, 2.45) is 5.14 Å². The number of nitrogens with one attached hydrogen (secondary N) is 1. The summed E-state index contributed by atoms with van der Waals surface area (Å²) in [5.41, 5.74) is -0.839. The number of anilines is 2. The van der Waals surface area contributed by atoms with Gasteiger partial charge in [0.05, 0.1) is 16.1 Å². The van der Waals surface area contributed by atoms with E-state index in [1.165, 1.54) is 30.3 Å². The largest absolute Gasteiger partial charge is 0.416 e. The molecule has 1 aliphatic heterocycles. The van der Waals surface area contributed by atoms with E-state index in [0.717, 1.165) is 18.2 Å². The monoisotopic (exact) mass is 431 g/mol. The van der Waals surface area contributed by atoms with Crippen LogP contribution in [0.25, 0.3) is 0 Å². The predicted octanol–water partition coefficient (Wildman–Crippen LogP) is 2.99. The van der Waals surface area contributed by atoms with Crippen LogP contribution in [-0.4, -0.2) is 24.9 Å². The highest BCUT2D eigenvalue weighted by molar-refractivity contribution is 8.16. The molecule has 0 saturated carbocycles. The second-order valence-corrected chi connectivity index (χ2v) is 8.32. The Morgan fingerprint density at radius 3 is 2.29 bits per heavy atom. The lowest BCUT2D eigenvalue weighted by Gasteiger charge is -2.16. The fourth-order valence-electron chi connectivity index (χ4n) is 2.45. The zero-order valence-electron chi connectivity index (χ0n) is 13.8. The minimum Gasteiger partial charge on any atom is -0.365 e. The molecule has 1 saturated heterocycles. The van der Waals surface area contributed by atoms with E-state index in [2.05, 4.69) is 5.32 Å². The van der Waals surface area contributed by atoms with Gasteiger partial charge in [0.1, 0.15) is 0 Å². The van der Waals surface area contributed by atoms with E-state index in [1.807, 2.05) is 0 Å². The van der Waals surface area contributed by atoms with Gasteiger partial charge < -0.3 is 5.32 Å². The van der Waals surface area contributed by atoms with Crippen molar-refractivity contribution >= 4 is 44.3 Å². The first-order valence-corrected chi connectivity index (χ1v) is 10.0. The number of carbonyl (C=O) groups is 2. The number of imide groups is 1. The molecule has 148 valence electrons. The Hall–Kier alpha value is -2.57. The summed E-state index contributed by atoms with van der Waals surface area (Å²) in [6.45, 7) is 0. The van der Waals surface area contributed by atoms with Crippen molar-refractivity contribution in [2.45, 2.75) is 16.4 Å². The van der Waals surface area contributed by atoms with Crippen molar-refractivity contribution in [1.82, 2.24) is 0 Å². The summed E-state index contributed by atoms with van der Waals surface area (Å²) >= 11 is 0.597. The first-order chi connectivity index (χ1) is 13.0. The van der Waals surface area contributed by atoms with Gasteiger partial charge in [-0.25, -0.2) is 18.5 Å². The lowest BCUT2D eigenvalue weighted by atomic mass is 10.2. The number of primary sulfonamides is 1. The quantitative estimate of drug-likeness (QED) is 0.770. The molecule has 7 nitrogen and oxygen atoms in total. The van der Waals surface area contributed by atoms with Gasteiger partial charge in [0.15, 0.2) is 5.37 Å². The fourth-order valence-corrected chi connectivity index (χ4v) is 3.87. The average Bonchev–Trinajstić information content (AvgIpc) is 2.87. The van der Waals surface area contributed by atoms with Crippen LogP contribution in [0.1, 0.15) is 5.56 Å². The van der Waals surface area contributed by atoms with Crippen LogP contribution in [0, 0.1) is 0 Å². The van der Waals surface area contributed by atoms with Crippen molar-refractivity contribution in [3.63, 3.8) is 0 Å². The van der Waals surface area contributed by atoms with Gasteiger partial charge in [-0.2, -0.15) is 13.2 Å². The van der Waals surface area contributed by atoms with Crippen molar-refractivity contribution in [1.29, 1.82) is 0 Å². The number of amides is 2. The van der Waals surface area contributed by atoms with E-state index in [9.17, 15) is 31.2 Å². The molecule has 0 radical (unpaired) electrons. The lowest BCUT2D eigenvalue weighted by molar-refractivity contribution is -0.137. The number of hydrogen-bond acceptors (Lipinski definition) is 6. The van der Waals surface area contributed by atoms with Crippen LogP contribution in [0.15, 0.2) is 53.4 Å². The summed E-state index contributed by atoms with van der Waals surface area (Å²) in [7, 11) is -3.88. The molecular formula is C16H12F3N3O4S2. The zero-order chi connectivity index (χ0) is 20.7. The van der Waals surface area contributed by atoms with Gasteiger partial charge in [0.2, 0.25) is 10.0 Å². The molecule has 1 fully saturated rings. The van der Waals surface area contributed by atoms with Gasteiger partial charge in [-0.05, 0) is 54.2 Å². The maximum Gasteiger partial charge on any atom is 0.416 e. The summed E-state index contributed by atoms with van der Waals surface area (Å²) in [5.74, 6) is -0.746. The number of halogens is 3. The number of nitrogens with zero attached hydrogens (tertiary/aromatic N) is 1. The second-order valence-electron chi connectivity index (χ2n) is 5.70. The number of nitrogens with two attached hydrogens (primary N) is 1. The number of hydrogen-bond donors (Lipinski definition) is 2. The predicted molar refractivity (Wildman–Crippen MR) is 97.1 cm³/mol. The summed E-state index contributed by atoms with van der Waals surface area (Å²) in [5, 5.41) is 5.92. The third-order valence-electron chi connectivity index (χ3n) is 3.76. The normalized spacial score (nSPS) is 17.9. The van der Waals surface area contributed by atoms with Gasteiger partial charge >= 0.3 is 6.18 Å². The minimum absolute atomic E-state index is 0.134. The Morgan fingerprint density at radius 2 is 1.71 bits per heavy atom. The molecule has 0 aromatic heterocycles. The highest BCUT2D eigenvalue weighted by atomic mass is 32.2. The molecule has 2 aromatic carbocycles. The van der Waals surface area contributed by atoms with Crippen LogP contribution in [-0.2, 0) is 21.0 Å². The molecule has 3 rings (SSSR count). The van der Waals surface area contributed by atoms with Crippen LogP contribution >= 0.6 is 11.8 Å². The van der Waals surface area contributed by atoms with Crippen molar-refractivity contribution in [2.75, 3.05) is 10.2 Å². The van der Waals surface area contributed by atoms with Crippen molar-refractivity contribution in [3.05, 3.63) is 54.1 Å². The minimum atomic E-state index is -4.61. The Balaban J connectivity index is 1.81. The van der Waals surface area contributed by atoms with Crippen molar-refractivity contribution < 1.29 is 31.2 Å². The first kappa shape index (κ1) is 20.2. The zero-order valence-corrected chi connectivity index (χ0v) is 15.4. The highest BCUT2D eigenvalue weighted by Crippen LogP contribution is 2.36. The van der Waals surface area contributed by atoms with Gasteiger partial charge in [0, 0.05) is 5.69 Å². The molecule has 1 atom stereocenters. The maximum absolute atomic E-state index is 12.9. The fraction of sp³-hybridized carbons (Fsp3) is 0.125. The van der Waals surface area contributed by atoms with Crippen LogP contribution in [0.4, 0.5) is 29.3 Å². The van der Waals surface area contributed by atoms with E-state index in [-0.39, 0.29) is 10.6 Å². The number of sulfonamides is 1. The molecule has 1 aliphatic rings. The number of alkyl halides is 3. The van der Waals surface area contributed by atoms with Crippen LogP contribution in [0.5, 0.6) is 0 Å². The highest BCUT2D eigenvalue weighted by Gasteiger charge is 2.41. The van der Waals surface area contributed by atoms with Gasteiger partial charge in [-0.3, -0.25) is 9.59 Å². The van der Waals surface area contributed by atoms with E-state index >= 15 is 0 Å². The smallest absolute Gasteiger partial charge is 0.365 e. The summed E-state index contributed by atoms with van der Waals surface area (Å²) in [6.07, 6.45) is -4.61. The number of rotatable bonds is 4. The third kappa shape index (κ3) is 4.13. The van der Waals surface area contributed by atoms with Gasteiger partial charge in [-0.15, -0.1) is 0 Å². The standard InChI is InChI=1S/C16H12F3N3O4S2/c17-16(18,19)9-2-1-3-11(8-9)22-14(23)13(27-15(22)24)21-10-4-6-12(7-5-10)28(20,25)26/h1-8,13,21H,(H2,20,25,26). The van der Waals surface area contributed by atoms with E-state index in [1.54, 1.807) is 0 Å². The molecule has 28 heavy (non-hydrogen) atoms. The van der Waals surface area contributed by atoms with E-state index in [4.69, 9.17) is 5.14 Å². The number of carbonyl (C=O) groups excluding carboxylic acids is 2. The summed E-state index contributed by atoms with van der Waals surface area (Å²) in [6, 6.07) is 9.04. The van der Waals surface area contributed by atoms with Crippen LogP contribution in [0.3, 0.4) is 0 Å². The Labute approximate surface area is 161 Å². The topological polar surface area (TPSA) is 110 Å². The number of benzene rings is 2.